The molecule has 100 valence electrons. The molecule has 1 aliphatic carbocycles. The molecular weight excluding hydrogens is 260 g/mol. The van der Waals surface area contributed by atoms with E-state index in [1.807, 2.05) is 17.0 Å². The van der Waals surface area contributed by atoms with E-state index >= 15 is 0 Å². The van der Waals surface area contributed by atoms with Crippen molar-refractivity contribution in [1.82, 2.24) is 14.5 Å². The number of pyridine rings is 1. The fraction of sp³-hybridized carbons (Fsp3) is 0.429. The van der Waals surface area contributed by atoms with Crippen LogP contribution >= 0.6 is 11.6 Å². The monoisotopic (exact) mass is 276 g/mol. The molecule has 0 amide bonds. The Kier molecular flexibility index (Phi) is 3.42. The van der Waals surface area contributed by atoms with Crippen molar-refractivity contribution in [3.05, 3.63) is 35.5 Å². The molecule has 19 heavy (non-hydrogen) atoms. The van der Waals surface area contributed by atoms with Crippen LogP contribution in [0.5, 0.6) is 0 Å². The first-order valence-electron chi connectivity index (χ1n) is 6.70. The van der Waals surface area contributed by atoms with Gasteiger partial charge in [0.25, 0.3) is 0 Å². The van der Waals surface area contributed by atoms with Crippen molar-refractivity contribution < 1.29 is 0 Å². The lowest BCUT2D eigenvalue weighted by molar-refractivity contribution is 0.425. The SMILES string of the molecule is Nc1cc(Cl)cnc1-n1ccnc1C1CCCCC1. The summed E-state index contributed by atoms with van der Waals surface area (Å²) in [4.78, 5) is 8.86. The Morgan fingerprint density at radius 2 is 2.00 bits per heavy atom. The summed E-state index contributed by atoms with van der Waals surface area (Å²) >= 11 is 5.90. The summed E-state index contributed by atoms with van der Waals surface area (Å²) in [5, 5.41) is 0.556. The molecule has 2 aromatic rings. The Hall–Kier alpha value is -1.55. The standard InChI is InChI=1S/C14H17ClN4/c15-11-8-12(16)14(18-9-11)19-7-6-17-13(19)10-4-2-1-3-5-10/h6-10H,1-5,16H2. The first-order valence-corrected chi connectivity index (χ1v) is 7.08. The molecule has 0 spiro atoms. The number of rotatable bonds is 2. The van der Waals surface area contributed by atoms with Crippen LogP contribution < -0.4 is 5.73 Å². The molecule has 2 aromatic heterocycles. The van der Waals surface area contributed by atoms with Crippen molar-refractivity contribution in [3.63, 3.8) is 0 Å². The lowest BCUT2D eigenvalue weighted by Gasteiger charge is -2.22. The topological polar surface area (TPSA) is 56.7 Å². The zero-order chi connectivity index (χ0) is 13.2. The summed E-state index contributed by atoms with van der Waals surface area (Å²) in [6, 6.07) is 1.73. The lowest BCUT2D eigenvalue weighted by atomic mass is 9.88. The maximum atomic E-state index is 6.02. The fourth-order valence-corrected chi connectivity index (χ4v) is 2.97. The molecule has 3 rings (SSSR count). The van der Waals surface area contributed by atoms with Crippen molar-refractivity contribution in [3.8, 4) is 5.82 Å². The Morgan fingerprint density at radius 1 is 1.21 bits per heavy atom. The number of anilines is 1. The average molecular weight is 277 g/mol. The third kappa shape index (κ3) is 2.45. The minimum Gasteiger partial charge on any atom is -0.396 e. The molecule has 0 bridgehead atoms. The smallest absolute Gasteiger partial charge is 0.161 e. The van der Waals surface area contributed by atoms with Crippen LogP contribution in [0.1, 0.15) is 43.8 Å². The molecule has 1 saturated carbocycles. The van der Waals surface area contributed by atoms with E-state index in [4.69, 9.17) is 17.3 Å². The lowest BCUT2D eigenvalue weighted by Crippen LogP contribution is -2.12. The van der Waals surface area contributed by atoms with Gasteiger partial charge in [-0.2, -0.15) is 0 Å². The Bertz CT molecular complexity index is 573. The van der Waals surface area contributed by atoms with Gasteiger partial charge in [0.1, 0.15) is 5.82 Å². The first kappa shape index (κ1) is 12.5. The summed E-state index contributed by atoms with van der Waals surface area (Å²) < 4.78 is 2.00. The number of halogens is 1. The maximum Gasteiger partial charge on any atom is 0.161 e. The van der Waals surface area contributed by atoms with E-state index in [1.54, 1.807) is 12.3 Å². The van der Waals surface area contributed by atoms with Crippen LogP contribution in [0, 0.1) is 0 Å². The highest BCUT2D eigenvalue weighted by molar-refractivity contribution is 6.30. The molecule has 5 heteroatoms. The van der Waals surface area contributed by atoms with E-state index < -0.39 is 0 Å². The van der Waals surface area contributed by atoms with Crippen LogP contribution in [0.25, 0.3) is 5.82 Å². The van der Waals surface area contributed by atoms with E-state index in [2.05, 4.69) is 9.97 Å². The maximum absolute atomic E-state index is 6.02. The van der Waals surface area contributed by atoms with Gasteiger partial charge >= 0.3 is 0 Å². The first-order chi connectivity index (χ1) is 9.25. The molecule has 2 heterocycles. The van der Waals surface area contributed by atoms with Crippen molar-refractivity contribution in [2.45, 2.75) is 38.0 Å². The number of nitrogen functional groups attached to an aromatic ring is 1. The van der Waals surface area contributed by atoms with Crippen molar-refractivity contribution in [2.75, 3.05) is 5.73 Å². The molecule has 0 aromatic carbocycles. The number of hydrogen-bond acceptors (Lipinski definition) is 3. The van der Waals surface area contributed by atoms with Gasteiger partial charge in [0, 0.05) is 24.5 Å². The van der Waals surface area contributed by atoms with E-state index in [9.17, 15) is 0 Å². The Morgan fingerprint density at radius 3 is 2.74 bits per heavy atom. The molecule has 1 aliphatic rings. The molecule has 1 fully saturated rings. The van der Waals surface area contributed by atoms with Gasteiger partial charge in [0.15, 0.2) is 5.82 Å². The van der Waals surface area contributed by atoms with E-state index in [0.717, 1.165) is 11.6 Å². The molecule has 0 radical (unpaired) electrons. The van der Waals surface area contributed by atoms with Gasteiger partial charge in [-0.3, -0.25) is 4.57 Å². The molecule has 0 unspecified atom stereocenters. The highest BCUT2D eigenvalue weighted by atomic mass is 35.5. The number of hydrogen-bond donors (Lipinski definition) is 1. The fourth-order valence-electron chi connectivity index (χ4n) is 2.81. The quantitative estimate of drug-likeness (QED) is 0.912. The molecule has 0 atom stereocenters. The summed E-state index contributed by atoms with van der Waals surface area (Å²) in [6.07, 6.45) is 11.7. The van der Waals surface area contributed by atoms with E-state index in [0.29, 0.717) is 16.6 Å². The van der Waals surface area contributed by atoms with Gasteiger partial charge in [-0.25, -0.2) is 9.97 Å². The summed E-state index contributed by atoms with van der Waals surface area (Å²) in [5.74, 6) is 2.31. The molecular formula is C14H17ClN4. The zero-order valence-corrected chi connectivity index (χ0v) is 11.5. The Labute approximate surface area is 117 Å². The summed E-state index contributed by atoms with van der Waals surface area (Å²) in [6.45, 7) is 0. The summed E-state index contributed by atoms with van der Waals surface area (Å²) in [5.41, 5.74) is 6.60. The second kappa shape index (κ2) is 5.21. The second-order valence-electron chi connectivity index (χ2n) is 5.06. The predicted molar refractivity (Wildman–Crippen MR) is 76.6 cm³/mol. The normalized spacial score (nSPS) is 16.7. The molecule has 0 saturated heterocycles. The minimum atomic E-state index is 0.514. The largest absolute Gasteiger partial charge is 0.396 e. The third-order valence-electron chi connectivity index (χ3n) is 3.73. The summed E-state index contributed by atoms with van der Waals surface area (Å²) in [7, 11) is 0. The molecule has 0 aliphatic heterocycles. The van der Waals surface area contributed by atoms with Gasteiger partial charge in [0.05, 0.1) is 10.7 Å². The van der Waals surface area contributed by atoms with Crippen LogP contribution in [-0.4, -0.2) is 14.5 Å². The number of aromatic nitrogens is 3. The predicted octanol–water partition coefficient (Wildman–Crippen LogP) is 3.55. The van der Waals surface area contributed by atoms with E-state index in [1.165, 1.54) is 32.1 Å². The molecule has 2 N–H and O–H groups in total. The van der Waals surface area contributed by atoms with Crippen LogP contribution in [0.2, 0.25) is 5.02 Å². The number of nitrogens with two attached hydrogens (primary N) is 1. The number of imidazole rings is 1. The van der Waals surface area contributed by atoms with Crippen molar-refractivity contribution in [2.24, 2.45) is 0 Å². The minimum absolute atomic E-state index is 0.514. The van der Waals surface area contributed by atoms with Gasteiger partial charge < -0.3 is 5.73 Å². The average Bonchev–Trinajstić information content (AvgIpc) is 2.89. The van der Waals surface area contributed by atoms with Gasteiger partial charge in [-0.15, -0.1) is 0 Å². The highest BCUT2D eigenvalue weighted by Gasteiger charge is 2.21. The van der Waals surface area contributed by atoms with Crippen molar-refractivity contribution in [1.29, 1.82) is 0 Å². The highest BCUT2D eigenvalue weighted by Crippen LogP contribution is 2.33. The van der Waals surface area contributed by atoms with Gasteiger partial charge in [-0.1, -0.05) is 30.9 Å². The van der Waals surface area contributed by atoms with Crippen LogP contribution in [-0.2, 0) is 0 Å². The van der Waals surface area contributed by atoms with E-state index in [-0.39, 0.29) is 0 Å². The Balaban J connectivity index is 1.99. The van der Waals surface area contributed by atoms with Gasteiger partial charge in [-0.05, 0) is 18.9 Å². The number of nitrogens with zero attached hydrogens (tertiary/aromatic N) is 3. The van der Waals surface area contributed by atoms with Crippen LogP contribution in [0.3, 0.4) is 0 Å². The second-order valence-corrected chi connectivity index (χ2v) is 5.49. The third-order valence-corrected chi connectivity index (χ3v) is 3.94. The van der Waals surface area contributed by atoms with Crippen LogP contribution in [0.4, 0.5) is 5.69 Å². The van der Waals surface area contributed by atoms with Gasteiger partial charge in [0.2, 0.25) is 0 Å². The zero-order valence-electron chi connectivity index (χ0n) is 10.7. The van der Waals surface area contributed by atoms with Crippen molar-refractivity contribution >= 4 is 17.3 Å². The molecule has 4 nitrogen and oxygen atoms in total. The van der Waals surface area contributed by atoms with Crippen LogP contribution in [0.15, 0.2) is 24.7 Å².